The molecule has 3 aromatic rings. The van der Waals surface area contributed by atoms with E-state index in [0.29, 0.717) is 6.54 Å². The molecule has 1 saturated heterocycles. The topological polar surface area (TPSA) is 35.6 Å². The number of carbonyl (C=O) groups excluding carboxylic acids is 1. The monoisotopic (exact) mass is 387 g/mol. The largest absolute Gasteiger partial charge is 0.325 e. The summed E-state index contributed by atoms with van der Waals surface area (Å²) in [6, 6.07) is 23.1. The lowest BCUT2D eigenvalue weighted by atomic mass is 10.1. The Hall–Kier alpha value is -2.69. The van der Waals surface area contributed by atoms with E-state index in [1.807, 2.05) is 24.1 Å². The number of nitrogens with zero attached hydrogens (tertiary/aromatic N) is 2. The first-order valence-electron chi connectivity index (χ1n) is 10.4. The molecule has 4 heteroatoms. The SMILES string of the molecule is CN(CC(=O)Nc1ccc(CN2CCCC2)cc1)Cc1ccc2ccccc2c1. The summed E-state index contributed by atoms with van der Waals surface area (Å²) in [7, 11) is 1.98. The molecule has 1 N–H and O–H groups in total. The summed E-state index contributed by atoms with van der Waals surface area (Å²) < 4.78 is 0. The average molecular weight is 388 g/mol. The third-order valence-electron chi connectivity index (χ3n) is 5.52. The molecule has 1 aliphatic rings. The molecule has 4 nitrogen and oxygen atoms in total. The van der Waals surface area contributed by atoms with Gasteiger partial charge in [0.25, 0.3) is 0 Å². The number of carbonyl (C=O) groups is 1. The van der Waals surface area contributed by atoms with Crippen molar-refractivity contribution in [3.8, 4) is 0 Å². The lowest BCUT2D eigenvalue weighted by molar-refractivity contribution is -0.117. The maximum Gasteiger partial charge on any atom is 0.238 e. The van der Waals surface area contributed by atoms with E-state index in [2.05, 4.69) is 64.8 Å². The lowest BCUT2D eigenvalue weighted by Gasteiger charge is -2.17. The normalized spacial score (nSPS) is 14.6. The van der Waals surface area contributed by atoms with Crippen molar-refractivity contribution in [2.45, 2.75) is 25.9 Å². The fourth-order valence-electron chi connectivity index (χ4n) is 4.04. The molecular weight excluding hydrogens is 358 g/mol. The van der Waals surface area contributed by atoms with Gasteiger partial charge in [0.05, 0.1) is 6.54 Å². The summed E-state index contributed by atoms with van der Waals surface area (Å²) in [6.45, 7) is 4.50. The van der Waals surface area contributed by atoms with Crippen LogP contribution in [-0.4, -0.2) is 42.4 Å². The Labute approximate surface area is 173 Å². The van der Waals surface area contributed by atoms with Gasteiger partial charge in [0.1, 0.15) is 0 Å². The molecule has 0 aliphatic carbocycles. The highest BCUT2D eigenvalue weighted by molar-refractivity contribution is 5.92. The minimum absolute atomic E-state index is 0.0144. The molecule has 1 amide bonds. The molecule has 0 spiro atoms. The molecule has 0 unspecified atom stereocenters. The van der Waals surface area contributed by atoms with E-state index < -0.39 is 0 Å². The van der Waals surface area contributed by atoms with E-state index >= 15 is 0 Å². The first-order valence-corrected chi connectivity index (χ1v) is 10.4. The highest BCUT2D eigenvalue weighted by atomic mass is 16.2. The van der Waals surface area contributed by atoms with Crippen molar-refractivity contribution in [3.05, 3.63) is 77.9 Å². The third kappa shape index (κ3) is 5.43. The van der Waals surface area contributed by atoms with Crippen LogP contribution in [0.1, 0.15) is 24.0 Å². The van der Waals surface area contributed by atoms with Gasteiger partial charge in [0.2, 0.25) is 5.91 Å². The van der Waals surface area contributed by atoms with Crippen molar-refractivity contribution in [2.75, 3.05) is 32.0 Å². The zero-order valence-electron chi connectivity index (χ0n) is 17.1. The number of nitrogens with one attached hydrogen (secondary N) is 1. The number of likely N-dealkylation sites (N-methyl/N-ethyl adjacent to an activating group) is 1. The first kappa shape index (κ1) is 19.6. The quantitative estimate of drug-likeness (QED) is 0.648. The number of amides is 1. The molecule has 3 aromatic carbocycles. The molecule has 1 heterocycles. The fourth-order valence-corrected chi connectivity index (χ4v) is 4.04. The molecule has 29 heavy (non-hydrogen) atoms. The second-order valence-electron chi connectivity index (χ2n) is 8.08. The van der Waals surface area contributed by atoms with Crippen LogP contribution in [0.25, 0.3) is 10.8 Å². The number of hydrogen-bond donors (Lipinski definition) is 1. The first-order chi connectivity index (χ1) is 14.2. The summed E-state index contributed by atoms with van der Waals surface area (Å²) in [4.78, 5) is 17.0. The number of benzene rings is 3. The van der Waals surface area contributed by atoms with Gasteiger partial charge in [-0.3, -0.25) is 14.6 Å². The van der Waals surface area contributed by atoms with Crippen LogP contribution >= 0.6 is 0 Å². The lowest BCUT2D eigenvalue weighted by Crippen LogP contribution is -2.29. The van der Waals surface area contributed by atoms with Gasteiger partial charge in [-0.1, -0.05) is 48.5 Å². The van der Waals surface area contributed by atoms with Crippen LogP contribution in [0.3, 0.4) is 0 Å². The minimum atomic E-state index is 0.0144. The van der Waals surface area contributed by atoms with Crippen LogP contribution in [0.4, 0.5) is 5.69 Å². The Morgan fingerprint density at radius 1 is 0.931 bits per heavy atom. The van der Waals surface area contributed by atoms with Crippen molar-refractivity contribution < 1.29 is 4.79 Å². The smallest absolute Gasteiger partial charge is 0.238 e. The van der Waals surface area contributed by atoms with Gasteiger partial charge < -0.3 is 5.32 Å². The Morgan fingerprint density at radius 2 is 1.62 bits per heavy atom. The molecule has 1 fully saturated rings. The van der Waals surface area contributed by atoms with Gasteiger partial charge in [-0.25, -0.2) is 0 Å². The van der Waals surface area contributed by atoms with Gasteiger partial charge >= 0.3 is 0 Å². The molecule has 4 rings (SSSR count). The van der Waals surface area contributed by atoms with Crippen LogP contribution in [0.2, 0.25) is 0 Å². The number of likely N-dealkylation sites (tertiary alicyclic amines) is 1. The van der Waals surface area contributed by atoms with Gasteiger partial charge in [-0.2, -0.15) is 0 Å². The highest BCUT2D eigenvalue weighted by Gasteiger charge is 2.12. The van der Waals surface area contributed by atoms with Crippen LogP contribution in [0.5, 0.6) is 0 Å². The van der Waals surface area contributed by atoms with Crippen LogP contribution < -0.4 is 5.32 Å². The number of hydrogen-bond acceptors (Lipinski definition) is 3. The zero-order chi connectivity index (χ0) is 20.1. The molecule has 150 valence electrons. The van der Waals surface area contributed by atoms with Crippen molar-refractivity contribution in [1.82, 2.24) is 9.80 Å². The Morgan fingerprint density at radius 3 is 2.38 bits per heavy atom. The second-order valence-corrected chi connectivity index (χ2v) is 8.08. The minimum Gasteiger partial charge on any atom is -0.325 e. The van der Waals surface area contributed by atoms with E-state index in [-0.39, 0.29) is 5.91 Å². The standard InChI is InChI=1S/C25H29N3O/c1-27(17-21-8-11-22-6-2-3-7-23(22)16-21)19-25(29)26-24-12-9-20(10-13-24)18-28-14-4-5-15-28/h2-3,6-13,16H,4-5,14-15,17-19H2,1H3,(H,26,29). The number of anilines is 1. The molecule has 0 atom stereocenters. The Bertz CT molecular complexity index is 961. The predicted molar refractivity (Wildman–Crippen MR) is 120 cm³/mol. The van der Waals surface area contributed by atoms with E-state index in [0.717, 1.165) is 18.8 Å². The molecule has 1 aliphatic heterocycles. The van der Waals surface area contributed by atoms with Crippen LogP contribution in [-0.2, 0) is 17.9 Å². The van der Waals surface area contributed by atoms with Gasteiger partial charge in [0.15, 0.2) is 0 Å². The average Bonchev–Trinajstić information content (AvgIpc) is 3.22. The third-order valence-corrected chi connectivity index (χ3v) is 5.52. The highest BCUT2D eigenvalue weighted by Crippen LogP contribution is 2.17. The van der Waals surface area contributed by atoms with Crippen molar-refractivity contribution in [1.29, 1.82) is 0 Å². The zero-order valence-corrected chi connectivity index (χ0v) is 17.1. The van der Waals surface area contributed by atoms with Crippen molar-refractivity contribution in [2.24, 2.45) is 0 Å². The summed E-state index contributed by atoms with van der Waals surface area (Å²) in [5.74, 6) is 0.0144. The summed E-state index contributed by atoms with van der Waals surface area (Å²) in [5.41, 5.74) is 3.38. The van der Waals surface area contributed by atoms with Gasteiger partial charge in [-0.15, -0.1) is 0 Å². The van der Waals surface area contributed by atoms with Crippen molar-refractivity contribution in [3.63, 3.8) is 0 Å². The number of rotatable bonds is 7. The molecular formula is C25H29N3O. The van der Waals surface area contributed by atoms with Crippen LogP contribution in [0, 0.1) is 0 Å². The van der Waals surface area contributed by atoms with Crippen LogP contribution in [0.15, 0.2) is 66.7 Å². The van der Waals surface area contributed by atoms with E-state index in [4.69, 9.17) is 0 Å². The van der Waals surface area contributed by atoms with Crippen molar-refractivity contribution >= 4 is 22.4 Å². The maximum absolute atomic E-state index is 12.4. The van der Waals surface area contributed by atoms with E-state index in [1.165, 1.54) is 47.8 Å². The molecule has 0 bridgehead atoms. The maximum atomic E-state index is 12.4. The van der Waals surface area contributed by atoms with Gasteiger partial charge in [-0.05, 0) is 73.1 Å². The molecule has 0 aromatic heterocycles. The molecule has 0 radical (unpaired) electrons. The summed E-state index contributed by atoms with van der Waals surface area (Å²) >= 11 is 0. The number of fused-ring (bicyclic) bond motifs is 1. The summed E-state index contributed by atoms with van der Waals surface area (Å²) in [5, 5.41) is 5.49. The second kappa shape index (κ2) is 9.21. The Kier molecular flexibility index (Phi) is 6.23. The van der Waals surface area contributed by atoms with E-state index in [9.17, 15) is 4.79 Å². The van der Waals surface area contributed by atoms with Gasteiger partial charge in [0, 0.05) is 18.8 Å². The summed E-state index contributed by atoms with van der Waals surface area (Å²) in [6.07, 6.45) is 2.61. The van der Waals surface area contributed by atoms with E-state index in [1.54, 1.807) is 0 Å². The fraction of sp³-hybridized carbons (Fsp3) is 0.320. The predicted octanol–water partition coefficient (Wildman–Crippen LogP) is 4.51. The Balaban J connectivity index is 1.28. The molecule has 0 saturated carbocycles.